The molecule has 2 saturated heterocycles. The minimum atomic E-state index is -0.450. The van der Waals surface area contributed by atoms with Crippen molar-refractivity contribution in [1.82, 2.24) is 9.80 Å². The van der Waals surface area contributed by atoms with Gasteiger partial charge in [-0.05, 0) is 19.5 Å². The molecule has 1 aromatic carbocycles. The summed E-state index contributed by atoms with van der Waals surface area (Å²) in [4.78, 5) is 17.5. The summed E-state index contributed by atoms with van der Waals surface area (Å²) in [6.07, 6.45) is 1.73. The summed E-state index contributed by atoms with van der Waals surface area (Å²) < 4.78 is 12.0. The van der Waals surface area contributed by atoms with Crippen LogP contribution in [0.3, 0.4) is 0 Å². The van der Waals surface area contributed by atoms with Gasteiger partial charge in [0.2, 0.25) is 0 Å². The van der Waals surface area contributed by atoms with Crippen molar-refractivity contribution in [2.75, 3.05) is 32.8 Å². The van der Waals surface area contributed by atoms with Gasteiger partial charge in [0.15, 0.2) is 5.76 Å². The molecule has 1 aromatic heterocycles. The first-order valence-electron chi connectivity index (χ1n) is 8.81. The molecule has 4 rings (SSSR count). The number of hydrogen-bond acceptors (Lipinski definition) is 4. The molecule has 0 saturated carbocycles. The third-order valence-corrected chi connectivity index (χ3v) is 5.55. The highest BCUT2D eigenvalue weighted by atomic mass is 16.5. The molecular weight excluding hydrogens is 304 g/mol. The molecule has 5 nitrogen and oxygen atoms in total. The van der Waals surface area contributed by atoms with Crippen LogP contribution in [0.2, 0.25) is 0 Å². The number of rotatable bonds is 2. The van der Waals surface area contributed by atoms with Crippen LogP contribution in [0, 0.1) is 6.92 Å². The van der Waals surface area contributed by atoms with Crippen LogP contribution in [-0.4, -0.2) is 54.2 Å². The maximum atomic E-state index is 13.2. The lowest BCUT2D eigenvalue weighted by atomic mass is 9.98. The van der Waals surface area contributed by atoms with E-state index in [2.05, 4.69) is 11.8 Å². The van der Waals surface area contributed by atoms with E-state index in [4.69, 9.17) is 9.15 Å². The normalized spacial score (nSPS) is 21.0. The molecule has 1 amide bonds. The largest absolute Gasteiger partial charge is 0.451 e. The standard InChI is InChI=1S/C19H24N2O3/c1-3-20-10-8-19(9-11-20)21(12-13-23-19)18(22)17-14(2)15-6-4-5-7-16(15)24-17/h4-7H,3,8-13H2,1-2H3. The first kappa shape index (κ1) is 15.7. The molecule has 3 heterocycles. The van der Waals surface area contributed by atoms with E-state index in [1.807, 2.05) is 36.1 Å². The first-order chi connectivity index (χ1) is 11.6. The van der Waals surface area contributed by atoms with Crippen LogP contribution in [0.1, 0.15) is 35.9 Å². The van der Waals surface area contributed by atoms with Gasteiger partial charge in [-0.3, -0.25) is 4.79 Å². The van der Waals surface area contributed by atoms with Gasteiger partial charge in [-0.25, -0.2) is 0 Å². The number of likely N-dealkylation sites (tertiary alicyclic amines) is 1. The molecule has 1 spiro atoms. The summed E-state index contributed by atoms with van der Waals surface area (Å²) in [6, 6.07) is 7.82. The Kier molecular flexibility index (Phi) is 3.85. The number of piperidine rings is 1. The van der Waals surface area contributed by atoms with Crippen molar-refractivity contribution in [2.45, 2.75) is 32.4 Å². The third-order valence-electron chi connectivity index (χ3n) is 5.55. The van der Waals surface area contributed by atoms with Crippen molar-refractivity contribution in [3.05, 3.63) is 35.6 Å². The van der Waals surface area contributed by atoms with Gasteiger partial charge in [0.25, 0.3) is 5.91 Å². The molecule has 0 atom stereocenters. The zero-order valence-electron chi connectivity index (χ0n) is 14.4. The monoisotopic (exact) mass is 328 g/mol. The van der Waals surface area contributed by atoms with Gasteiger partial charge in [-0.1, -0.05) is 25.1 Å². The van der Waals surface area contributed by atoms with E-state index in [0.717, 1.165) is 49.0 Å². The lowest BCUT2D eigenvalue weighted by molar-refractivity contribution is -0.105. The molecule has 0 radical (unpaired) electrons. The van der Waals surface area contributed by atoms with Crippen LogP contribution >= 0.6 is 0 Å². The summed E-state index contributed by atoms with van der Waals surface area (Å²) in [6.45, 7) is 8.38. The van der Waals surface area contributed by atoms with E-state index in [9.17, 15) is 4.79 Å². The van der Waals surface area contributed by atoms with Crippen LogP contribution in [0.5, 0.6) is 0 Å². The maximum Gasteiger partial charge on any atom is 0.292 e. The van der Waals surface area contributed by atoms with E-state index in [1.54, 1.807) is 0 Å². The number of furan rings is 1. The molecule has 0 N–H and O–H groups in total. The average molecular weight is 328 g/mol. The van der Waals surface area contributed by atoms with Crippen molar-refractivity contribution in [2.24, 2.45) is 0 Å². The van der Waals surface area contributed by atoms with Crippen LogP contribution in [0.4, 0.5) is 0 Å². The van der Waals surface area contributed by atoms with Crippen molar-refractivity contribution < 1.29 is 13.9 Å². The fraction of sp³-hybridized carbons (Fsp3) is 0.526. The number of amides is 1. The fourth-order valence-electron chi connectivity index (χ4n) is 4.03. The second-order valence-electron chi connectivity index (χ2n) is 6.74. The van der Waals surface area contributed by atoms with E-state index in [-0.39, 0.29) is 5.91 Å². The quantitative estimate of drug-likeness (QED) is 0.850. The highest BCUT2D eigenvalue weighted by molar-refractivity contribution is 5.99. The van der Waals surface area contributed by atoms with Crippen LogP contribution < -0.4 is 0 Å². The Morgan fingerprint density at radius 2 is 1.96 bits per heavy atom. The fourth-order valence-corrected chi connectivity index (χ4v) is 4.03. The number of aryl methyl sites for hydroxylation is 1. The maximum absolute atomic E-state index is 13.2. The van der Waals surface area contributed by atoms with E-state index < -0.39 is 5.72 Å². The molecule has 2 aliphatic rings. The molecule has 2 aliphatic heterocycles. The van der Waals surface area contributed by atoms with Crippen molar-refractivity contribution in [3.63, 3.8) is 0 Å². The molecular formula is C19H24N2O3. The number of nitrogens with zero attached hydrogens (tertiary/aromatic N) is 2. The molecule has 0 aliphatic carbocycles. The number of fused-ring (bicyclic) bond motifs is 1. The number of para-hydroxylation sites is 1. The Hall–Kier alpha value is -1.85. The second-order valence-corrected chi connectivity index (χ2v) is 6.74. The predicted molar refractivity (Wildman–Crippen MR) is 92.0 cm³/mol. The van der Waals surface area contributed by atoms with Gasteiger partial charge in [0.1, 0.15) is 11.3 Å². The van der Waals surface area contributed by atoms with Crippen LogP contribution in [0.15, 0.2) is 28.7 Å². The number of ether oxygens (including phenoxy) is 1. The number of carbonyl (C=O) groups excluding carboxylic acids is 1. The second kappa shape index (κ2) is 5.90. The Morgan fingerprint density at radius 1 is 1.21 bits per heavy atom. The number of hydrogen-bond donors (Lipinski definition) is 0. The predicted octanol–water partition coefficient (Wildman–Crippen LogP) is 3.03. The van der Waals surface area contributed by atoms with Crippen LogP contribution in [-0.2, 0) is 4.74 Å². The molecule has 128 valence electrons. The highest BCUT2D eigenvalue weighted by Crippen LogP contribution is 2.36. The number of carbonyl (C=O) groups is 1. The Morgan fingerprint density at radius 3 is 2.67 bits per heavy atom. The smallest absolute Gasteiger partial charge is 0.292 e. The van der Waals surface area contributed by atoms with Crippen molar-refractivity contribution in [3.8, 4) is 0 Å². The van der Waals surface area contributed by atoms with Gasteiger partial charge >= 0.3 is 0 Å². The van der Waals surface area contributed by atoms with Crippen molar-refractivity contribution in [1.29, 1.82) is 0 Å². The van der Waals surface area contributed by atoms with Gasteiger partial charge in [-0.15, -0.1) is 0 Å². The minimum absolute atomic E-state index is 0.0360. The Bertz CT molecular complexity index is 759. The number of benzene rings is 1. The zero-order valence-corrected chi connectivity index (χ0v) is 14.4. The lowest BCUT2D eigenvalue weighted by Gasteiger charge is -2.43. The van der Waals surface area contributed by atoms with Gasteiger partial charge in [0, 0.05) is 43.4 Å². The zero-order chi connectivity index (χ0) is 16.7. The molecule has 24 heavy (non-hydrogen) atoms. The van der Waals surface area contributed by atoms with E-state index >= 15 is 0 Å². The first-order valence-corrected chi connectivity index (χ1v) is 8.81. The lowest BCUT2D eigenvalue weighted by Crippen LogP contribution is -2.54. The topological polar surface area (TPSA) is 45.9 Å². The Balaban J connectivity index is 1.64. The third kappa shape index (κ3) is 2.34. The molecule has 0 bridgehead atoms. The van der Waals surface area contributed by atoms with Crippen molar-refractivity contribution >= 4 is 16.9 Å². The summed E-state index contributed by atoms with van der Waals surface area (Å²) >= 11 is 0. The van der Waals surface area contributed by atoms with E-state index in [1.165, 1.54) is 0 Å². The average Bonchev–Trinajstić information content (AvgIpc) is 3.17. The molecule has 2 aromatic rings. The molecule has 5 heteroatoms. The minimum Gasteiger partial charge on any atom is -0.451 e. The molecule has 0 unspecified atom stereocenters. The summed E-state index contributed by atoms with van der Waals surface area (Å²) in [7, 11) is 0. The van der Waals surface area contributed by atoms with E-state index in [0.29, 0.717) is 18.9 Å². The van der Waals surface area contributed by atoms with Gasteiger partial charge in [-0.2, -0.15) is 0 Å². The van der Waals surface area contributed by atoms with Gasteiger partial charge in [0.05, 0.1) is 6.61 Å². The summed E-state index contributed by atoms with van der Waals surface area (Å²) in [5, 5.41) is 1.01. The molecule has 2 fully saturated rings. The summed E-state index contributed by atoms with van der Waals surface area (Å²) in [5.41, 5.74) is 1.24. The Labute approximate surface area is 142 Å². The SMILES string of the molecule is CCN1CCC2(CC1)OCCN2C(=O)c1oc2ccccc2c1C. The highest BCUT2D eigenvalue weighted by Gasteiger charge is 2.47. The van der Waals surface area contributed by atoms with Gasteiger partial charge < -0.3 is 19.0 Å². The summed E-state index contributed by atoms with van der Waals surface area (Å²) in [5.74, 6) is 0.421. The van der Waals surface area contributed by atoms with Crippen LogP contribution in [0.25, 0.3) is 11.0 Å².